The monoisotopic (exact) mass is 324 g/mol. The fraction of sp³-hybridized carbons (Fsp3) is 0.562. The Kier molecular flexibility index (Phi) is 5.97. The lowest BCUT2D eigenvalue weighted by molar-refractivity contribution is -0.122. The van der Waals surface area contributed by atoms with Crippen LogP contribution in [0.25, 0.3) is 0 Å². The molecular formula is C16H24N2O3S. The summed E-state index contributed by atoms with van der Waals surface area (Å²) in [6.07, 6.45) is 4.75. The van der Waals surface area contributed by atoms with Gasteiger partial charge in [0.15, 0.2) is 0 Å². The quantitative estimate of drug-likeness (QED) is 0.747. The molecule has 1 N–H and O–H groups in total. The van der Waals surface area contributed by atoms with E-state index in [-0.39, 0.29) is 11.8 Å². The number of aryl methyl sites for hydroxylation is 1. The molecule has 0 spiro atoms. The first-order valence-electron chi connectivity index (χ1n) is 7.73. The van der Waals surface area contributed by atoms with Crippen molar-refractivity contribution in [3.8, 4) is 0 Å². The summed E-state index contributed by atoms with van der Waals surface area (Å²) < 4.78 is 25.1. The number of nitrogens with zero attached hydrogens (tertiary/aromatic N) is 1. The van der Waals surface area contributed by atoms with Gasteiger partial charge in [-0.05, 0) is 31.2 Å². The van der Waals surface area contributed by atoms with Crippen LogP contribution in [0.5, 0.6) is 0 Å². The standard InChI is InChI=1S/C16H24N2O3S/c1-22(20,21)18(13-11-17-16(19)15-9-10-15)12-5-8-14-6-3-2-4-7-14/h2-4,6-7,15H,5,8-13H2,1H3,(H,17,19). The van der Waals surface area contributed by atoms with E-state index in [2.05, 4.69) is 5.32 Å². The van der Waals surface area contributed by atoms with Crippen molar-refractivity contribution in [2.45, 2.75) is 25.7 Å². The number of hydrogen-bond donors (Lipinski definition) is 1. The van der Waals surface area contributed by atoms with Crippen LogP contribution >= 0.6 is 0 Å². The topological polar surface area (TPSA) is 66.5 Å². The second kappa shape index (κ2) is 7.74. The zero-order valence-electron chi connectivity index (χ0n) is 13.0. The maximum Gasteiger partial charge on any atom is 0.223 e. The minimum atomic E-state index is -3.24. The molecule has 0 saturated heterocycles. The van der Waals surface area contributed by atoms with Crippen LogP contribution in [0.15, 0.2) is 30.3 Å². The lowest BCUT2D eigenvalue weighted by atomic mass is 10.1. The van der Waals surface area contributed by atoms with Gasteiger partial charge in [-0.25, -0.2) is 12.7 Å². The molecule has 0 radical (unpaired) electrons. The average molecular weight is 324 g/mol. The highest BCUT2D eigenvalue weighted by Gasteiger charge is 2.29. The molecule has 1 saturated carbocycles. The Hall–Kier alpha value is -1.40. The summed E-state index contributed by atoms with van der Waals surface area (Å²) in [5.41, 5.74) is 1.21. The Labute approximate surface area is 132 Å². The van der Waals surface area contributed by atoms with Crippen LogP contribution in [-0.2, 0) is 21.2 Å². The van der Waals surface area contributed by atoms with E-state index in [1.165, 1.54) is 16.1 Å². The second-order valence-electron chi connectivity index (χ2n) is 5.82. The van der Waals surface area contributed by atoms with E-state index >= 15 is 0 Å². The van der Waals surface area contributed by atoms with Crippen molar-refractivity contribution in [2.75, 3.05) is 25.9 Å². The van der Waals surface area contributed by atoms with Crippen molar-refractivity contribution in [1.29, 1.82) is 0 Å². The van der Waals surface area contributed by atoms with Gasteiger partial charge in [-0.1, -0.05) is 30.3 Å². The zero-order valence-corrected chi connectivity index (χ0v) is 13.8. The number of carbonyl (C=O) groups is 1. The lowest BCUT2D eigenvalue weighted by Crippen LogP contribution is -2.39. The summed E-state index contributed by atoms with van der Waals surface area (Å²) in [5, 5.41) is 2.81. The van der Waals surface area contributed by atoms with Gasteiger partial charge in [0.25, 0.3) is 0 Å². The number of carbonyl (C=O) groups excluding carboxylic acids is 1. The van der Waals surface area contributed by atoms with E-state index in [0.717, 1.165) is 25.7 Å². The van der Waals surface area contributed by atoms with Crippen molar-refractivity contribution in [3.63, 3.8) is 0 Å². The second-order valence-corrected chi connectivity index (χ2v) is 7.80. The molecule has 1 fully saturated rings. The largest absolute Gasteiger partial charge is 0.355 e. The smallest absolute Gasteiger partial charge is 0.223 e. The molecule has 0 aliphatic heterocycles. The lowest BCUT2D eigenvalue weighted by Gasteiger charge is -2.20. The van der Waals surface area contributed by atoms with Crippen LogP contribution in [-0.4, -0.2) is 44.5 Å². The summed E-state index contributed by atoms with van der Waals surface area (Å²) in [4.78, 5) is 11.6. The van der Waals surface area contributed by atoms with Gasteiger partial charge in [-0.3, -0.25) is 4.79 Å². The normalized spacial score (nSPS) is 15.0. The molecule has 0 heterocycles. The maximum absolute atomic E-state index is 11.8. The molecule has 2 rings (SSSR count). The summed E-state index contributed by atoms with van der Waals surface area (Å²) in [7, 11) is -3.24. The van der Waals surface area contributed by atoms with Gasteiger partial charge >= 0.3 is 0 Å². The van der Waals surface area contributed by atoms with E-state index in [4.69, 9.17) is 0 Å². The zero-order chi connectivity index (χ0) is 16.0. The van der Waals surface area contributed by atoms with Gasteiger partial charge in [-0.15, -0.1) is 0 Å². The minimum absolute atomic E-state index is 0.0535. The summed E-state index contributed by atoms with van der Waals surface area (Å²) >= 11 is 0. The highest BCUT2D eigenvalue weighted by molar-refractivity contribution is 7.88. The van der Waals surface area contributed by atoms with Gasteiger partial charge in [0.05, 0.1) is 6.26 Å². The molecule has 6 heteroatoms. The van der Waals surface area contributed by atoms with E-state index in [1.807, 2.05) is 30.3 Å². The molecule has 1 aromatic rings. The Balaban J connectivity index is 1.75. The van der Waals surface area contributed by atoms with Gasteiger partial charge < -0.3 is 5.32 Å². The Morgan fingerprint density at radius 3 is 2.50 bits per heavy atom. The third-order valence-electron chi connectivity index (χ3n) is 3.79. The van der Waals surface area contributed by atoms with E-state index < -0.39 is 10.0 Å². The van der Waals surface area contributed by atoms with E-state index in [9.17, 15) is 13.2 Å². The summed E-state index contributed by atoms with van der Waals surface area (Å²) in [6, 6.07) is 10.0. The highest BCUT2D eigenvalue weighted by Crippen LogP contribution is 2.28. The molecule has 0 aromatic heterocycles. The van der Waals surface area contributed by atoms with Crippen LogP contribution in [0.1, 0.15) is 24.8 Å². The summed E-state index contributed by atoms with van der Waals surface area (Å²) in [6.45, 7) is 1.20. The van der Waals surface area contributed by atoms with Crippen molar-refractivity contribution >= 4 is 15.9 Å². The minimum Gasteiger partial charge on any atom is -0.355 e. The van der Waals surface area contributed by atoms with Crippen molar-refractivity contribution in [2.24, 2.45) is 5.92 Å². The number of benzene rings is 1. The van der Waals surface area contributed by atoms with Gasteiger partial charge in [0.2, 0.25) is 15.9 Å². The van der Waals surface area contributed by atoms with Crippen molar-refractivity contribution in [1.82, 2.24) is 9.62 Å². The van der Waals surface area contributed by atoms with Crippen LogP contribution in [0.2, 0.25) is 0 Å². The summed E-state index contributed by atoms with van der Waals surface area (Å²) in [5.74, 6) is 0.211. The molecular weight excluding hydrogens is 300 g/mol. The molecule has 0 bridgehead atoms. The fourth-order valence-electron chi connectivity index (χ4n) is 2.34. The third-order valence-corrected chi connectivity index (χ3v) is 5.10. The maximum atomic E-state index is 11.8. The van der Waals surface area contributed by atoms with E-state index in [1.54, 1.807) is 0 Å². The number of hydrogen-bond acceptors (Lipinski definition) is 3. The van der Waals surface area contributed by atoms with Crippen molar-refractivity contribution in [3.05, 3.63) is 35.9 Å². The first kappa shape index (κ1) is 17.0. The first-order chi connectivity index (χ1) is 10.5. The third kappa shape index (κ3) is 5.77. The highest BCUT2D eigenvalue weighted by atomic mass is 32.2. The predicted octanol–water partition coefficient (Wildman–Crippen LogP) is 1.41. The molecule has 5 nitrogen and oxygen atoms in total. The van der Waals surface area contributed by atoms with Gasteiger partial charge in [0, 0.05) is 25.6 Å². The number of nitrogens with one attached hydrogen (secondary N) is 1. The average Bonchev–Trinajstić information content (AvgIpc) is 3.30. The molecule has 1 aliphatic carbocycles. The van der Waals surface area contributed by atoms with Crippen LogP contribution < -0.4 is 5.32 Å². The Morgan fingerprint density at radius 2 is 1.91 bits per heavy atom. The number of rotatable bonds is 9. The molecule has 1 amide bonds. The first-order valence-corrected chi connectivity index (χ1v) is 9.58. The molecule has 122 valence electrons. The number of amides is 1. The molecule has 22 heavy (non-hydrogen) atoms. The predicted molar refractivity (Wildman–Crippen MR) is 86.9 cm³/mol. The molecule has 1 aromatic carbocycles. The van der Waals surface area contributed by atoms with Crippen LogP contribution in [0.4, 0.5) is 0 Å². The van der Waals surface area contributed by atoms with E-state index in [0.29, 0.717) is 19.6 Å². The van der Waals surface area contributed by atoms with Crippen molar-refractivity contribution < 1.29 is 13.2 Å². The van der Waals surface area contributed by atoms with Crippen LogP contribution in [0.3, 0.4) is 0 Å². The molecule has 0 atom stereocenters. The van der Waals surface area contributed by atoms with Gasteiger partial charge in [-0.2, -0.15) is 0 Å². The van der Waals surface area contributed by atoms with Crippen LogP contribution in [0, 0.1) is 5.92 Å². The fourth-order valence-corrected chi connectivity index (χ4v) is 3.22. The Bertz CT molecular complexity index is 583. The SMILES string of the molecule is CS(=O)(=O)N(CCCc1ccccc1)CCNC(=O)C1CC1. The Morgan fingerprint density at radius 1 is 1.23 bits per heavy atom. The molecule has 1 aliphatic rings. The van der Waals surface area contributed by atoms with Gasteiger partial charge in [0.1, 0.15) is 0 Å². The molecule has 0 unspecified atom stereocenters. The number of sulfonamides is 1.